The number of hydrogen-bond donors (Lipinski definition) is 2. The third-order valence-electron chi connectivity index (χ3n) is 2.82. The Morgan fingerprint density at radius 2 is 2.50 bits per heavy atom. The average molecular weight is 218 g/mol. The predicted molar refractivity (Wildman–Crippen MR) is 60.4 cm³/mol. The van der Waals surface area contributed by atoms with Crippen molar-refractivity contribution in [3.63, 3.8) is 0 Å². The van der Waals surface area contributed by atoms with Gasteiger partial charge in [-0.05, 0) is 31.5 Å². The molecule has 84 valence electrons. The molecule has 1 atom stereocenters. The minimum Gasteiger partial charge on any atom is -0.463 e. The van der Waals surface area contributed by atoms with Gasteiger partial charge >= 0.3 is 0 Å². The monoisotopic (exact) mass is 218 g/mol. The van der Waals surface area contributed by atoms with E-state index in [0.29, 0.717) is 24.3 Å². The normalized spacial score (nSPS) is 20.4. The van der Waals surface area contributed by atoms with E-state index in [9.17, 15) is 0 Å². The van der Waals surface area contributed by atoms with Crippen LogP contribution in [0.1, 0.15) is 12.8 Å². The second kappa shape index (κ2) is 4.09. The van der Waals surface area contributed by atoms with Crippen LogP contribution in [0.4, 0.5) is 0 Å². The molecule has 0 bridgehead atoms. The summed E-state index contributed by atoms with van der Waals surface area (Å²) < 4.78 is 5.61. The maximum absolute atomic E-state index is 5.61. The first-order valence-electron chi connectivity index (χ1n) is 5.59. The van der Waals surface area contributed by atoms with E-state index in [-0.39, 0.29) is 0 Å². The lowest BCUT2D eigenvalue weighted by atomic mass is 10.2. The van der Waals surface area contributed by atoms with Crippen LogP contribution < -0.4 is 10.1 Å². The molecule has 3 rings (SSSR count). The van der Waals surface area contributed by atoms with Crippen molar-refractivity contribution >= 4 is 11.2 Å². The van der Waals surface area contributed by atoms with Gasteiger partial charge in [-0.3, -0.25) is 0 Å². The van der Waals surface area contributed by atoms with Crippen LogP contribution in [0, 0.1) is 0 Å². The number of imidazole rings is 1. The molecule has 16 heavy (non-hydrogen) atoms. The molecule has 5 heteroatoms. The molecule has 1 aliphatic heterocycles. The third kappa shape index (κ3) is 1.86. The number of nitrogens with one attached hydrogen (secondary N) is 2. The van der Waals surface area contributed by atoms with Crippen LogP contribution in [-0.2, 0) is 0 Å². The Morgan fingerprint density at radius 3 is 3.31 bits per heavy atom. The fourth-order valence-corrected chi connectivity index (χ4v) is 1.97. The van der Waals surface area contributed by atoms with Crippen molar-refractivity contribution in [3.05, 3.63) is 18.3 Å². The fraction of sp³-hybridized carbons (Fsp3) is 0.455. The van der Waals surface area contributed by atoms with Crippen molar-refractivity contribution in [2.24, 2.45) is 0 Å². The summed E-state index contributed by atoms with van der Waals surface area (Å²) in [5.41, 5.74) is 1.62. The smallest absolute Gasteiger partial charge is 0.296 e. The molecule has 2 aromatic rings. The highest BCUT2D eigenvalue weighted by atomic mass is 16.5. The first-order chi connectivity index (χ1) is 7.92. The average Bonchev–Trinajstić information content (AvgIpc) is 2.95. The van der Waals surface area contributed by atoms with Gasteiger partial charge in [0, 0.05) is 12.2 Å². The van der Waals surface area contributed by atoms with Gasteiger partial charge in [-0.15, -0.1) is 0 Å². The SMILES string of the molecule is c1cnc2nc(OC[C@H]3CCCN3)[nH]c2c1. The molecule has 1 fully saturated rings. The Labute approximate surface area is 93.2 Å². The number of pyridine rings is 1. The molecule has 0 radical (unpaired) electrons. The molecular weight excluding hydrogens is 204 g/mol. The maximum Gasteiger partial charge on any atom is 0.296 e. The lowest BCUT2D eigenvalue weighted by Crippen LogP contribution is -2.28. The Kier molecular flexibility index (Phi) is 2.46. The van der Waals surface area contributed by atoms with Gasteiger partial charge in [0.05, 0.1) is 5.52 Å². The summed E-state index contributed by atoms with van der Waals surface area (Å²) in [4.78, 5) is 11.5. The number of ether oxygens (including phenoxy) is 1. The largest absolute Gasteiger partial charge is 0.463 e. The van der Waals surface area contributed by atoms with Gasteiger partial charge in [0.25, 0.3) is 6.01 Å². The van der Waals surface area contributed by atoms with E-state index in [1.165, 1.54) is 12.8 Å². The maximum atomic E-state index is 5.61. The Balaban J connectivity index is 1.69. The van der Waals surface area contributed by atoms with Gasteiger partial charge in [0.15, 0.2) is 5.65 Å². The van der Waals surface area contributed by atoms with E-state index in [1.807, 2.05) is 12.1 Å². The van der Waals surface area contributed by atoms with Crippen molar-refractivity contribution in [1.82, 2.24) is 20.3 Å². The van der Waals surface area contributed by atoms with Gasteiger partial charge < -0.3 is 15.0 Å². The molecule has 5 nitrogen and oxygen atoms in total. The Hall–Kier alpha value is -1.62. The standard InChI is InChI=1S/C11H14N4O/c1-3-8(12-5-1)7-16-11-14-9-4-2-6-13-10(9)15-11/h2,4,6,8,12H,1,3,5,7H2,(H,13,14,15)/t8-/m1/s1. The van der Waals surface area contributed by atoms with Crippen molar-refractivity contribution in [2.75, 3.05) is 13.2 Å². The quantitative estimate of drug-likeness (QED) is 0.809. The number of rotatable bonds is 3. The number of hydrogen-bond acceptors (Lipinski definition) is 4. The zero-order chi connectivity index (χ0) is 10.8. The second-order valence-corrected chi connectivity index (χ2v) is 4.02. The lowest BCUT2D eigenvalue weighted by molar-refractivity contribution is 0.260. The van der Waals surface area contributed by atoms with E-state index in [1.54, 1.807) is 6.20 Å². The lowest BCUT2D eigenvalue weighted by Gasteiger charge is -2.09. The predicted octanol–water partition coefficient (Wildman–Crippen LogP) is 1.09. The number of aromatic amines is 1. The molecule has 0 aliphatic carbocycles. The Morgan fingerprint density at radius 1 is 1.50 bits per heavy atom. The van der Waals surface area contributed by atoms with E-state index in [2.05, 4.69) is 20.3 Å². The molecule has 3 heterocycles. The zero-order valence-corrected chi connectivity index (χ0v) is 8.94. The number of nitrogens with zero attached hydrogens (tertiary/aromatic N) is 2. The van der Waals surface area contributed by atoms with Crippen molar-refractivity contribution in [2.45, 2.75) is 18.9 Å². The number of aromatic nitrogens is 3. The third-order valence-corrected chi connectivity index (χ3v) is 2.82. The first kappa shape index (κ1) is 9.59. The summed E-state index contributed by atoms with van der Waals surface area (Å²) >= 11 is 0. The van der Waals surface area contributed by atoms with Crippen LogP contribution in [0.3, 0.4) is 0 Å². The van der Waals surface area contributed by atoms with Crippen molar-refractivity contribution < 1.29 is 4.74 Å². The molecule has 0 saturated carbocycles. The van der Waals surface area contributed by atoms with Gasteiger partial charge in [0.2, 0.25) is 0 Å². The summed E-state index contributed by atoms with van der Waals surface area (Å²) in [6.45, 7) is 1.76. The molecule has 1 aliphatic rings. The second-order valence-electron chi connectivity index (χ2n) is 4.02. The molecule has 0 spiro atoms. The molecule has 0 amide bonds. The highest BCUT2D eigenvalue weighted by molar-refractivity contribution is 5.70. The van der Waals surface area contributed by atoms with Crippen molar-refractivity contribution in [3.8, 4) is 6.01 Å². The molecule has 2 aromatic heterocycles. The highest BCUT2D eigenvalue weighted by Gasteiger charge is 2.15. The topological polar surface area (TPSA) is 62.8 Å². The summed E-state index contributed by atoms with van der Waals surface area (Å²) in [5.74, 6) is 0. The summed E-state index contributed by atoms with van der Waals surface area (Å²) in [7, 11) is 0. The van der Waals surface area contributed by atoms with E-state index < -0.39 is 0 Å². The summed E-state index contributed by atoms with van der Waals surface area (Å²) in [6, 6.07) is 4.84. The van der Waals surface area contributed by atoms with Crippen LogP contribution in [0.5, 0.6) is 6.01 Å². The van der Waals surface area contributed by atoms with E-state index in [4.69, 9.17) is 4.74 Å². The first-order valence-corrected chi connectivity index (χ1v) is 5.59. The van der Waals surface area contributed by atoms with Crippen LogP contribution in [0.15, 0.2) is 18.3 Å². The van der Waals surface area contributed by atoms with Crippen LogP contribution >= 0.6 is 0 Å². The fourth-order valence-electron chi connectivity index (χ4n) is 1.97. The van der Waals surface area contributed by atoms with E-state index in [0.717, 1.165) is 12.1 Å². The highest BCUT2D eigenvalue weighted by Crippen LogP contribution is 2.13. The Bertz CT molecular complexity index is 443. The molecule has 0 aromatic carbocycles. The van der Waals surface area contributed by atoms with Gasteiger partial charge in [0.1, 0.15) is 6.61 Å². The van der Waals surface area contributed by atoms with Crippen LogP contribution in [0.25, 0.3) is 11.2 Å². The van der Waals surface area contributed by atoms with Crippen molar-refractivity contribution in [1.29, 1.82) is 0 Å². The number of fused-ring (bicyclic) bond motifs is 1. The summed E-state index contributed by atoms with van der Waals surface area (Å²) in [6.07, 6.45) is 4.14. The molecule has 1 saturated heterocycles. The molecular formula is C11H14N4O. The number of H-pyrrole nitrogens is 1. The molecule has 0 unspecified atom stereocenters. The van der Waals surface area contributed by atoms with Gasteiger partial charge in [-0.25, -0.2) is 4.98 Å². The van der Waals surface area contributed by atoms with E-state index >= 15 is 0 Å². The van der Waals surface area contributed by atoms with Crippen LogP contribution in [0.2, 0.25) is 0 Å². The van der Waals surface area contributed by atoms with Crippen LogP contribution in [-0.4, -0.2) is 34.1 Å². The minimum atomic E-state index is 0.459. The van der Waals surface area contributed by atoms with Gasteiger partial charge in [-0.2, -0.15) is 4.98 Å². The zero-order valence-electron chi connectivity index (χ0n) is 8.94. The minimum absolute atomic E-state index is 0.459. The summed E-state index contributed by atoms with van der Waals surface area (Å²) in [5, 5.41) is 3.38. The van der Waals surface area contributed by atoms with Gasteiger partial charge in [-0.1, -0.05) is 0 Å². The molecule has 2 N–H and O–H groups in total.